The van der Waals surface area contributed by atoms with E-state index < -0.39 is 0 Å². The molecule has 1 nitrogen and oxygen atoms in total. The molecule has 0 bridgehead atoms. The van der Waals surface area contributed by atoms with Crippen molar-refractivity contribution in [2.24, 2.45) is 5.41 Å². The fraction of sp³-hybridized carbons (Fsp3) is 0.269. The minimum absolute atomic E-state index is 0.278. The predicted octanol–water partition coefficient (Wildman–Crippen LogP) is 8.54. The molecule has 146 valence electrons. The molecule has 0 spiro atoms. The number of benzene rings is 2. The van der Waals surface area contributed by atoms with Crippen LogP contribution in [-0.4, -0.2) is 4.98 Å². The summed E-state index contributed by atoms with van der Waals surface area (Å²) in [6.45, 7) is 11.4. The SMILES string of the molecule is Cc1cc2c(s1)c(-c1nccc3c(C)c(CC(C)(C)C)sc13)cc1ccccc12. The summed E-state index contributed by atoms with van der Waals surface area (Å²) in [5.74, 6) is 0. The van der Waals surface area contributed by atoms with Crippen molar-refractivity contribution in [3.05, 3.63) is 64.0 Å². The molecule has 0 radical (unpaired) electrons. The monoisotopic (exact) mass is 415 g/mol. The summed E-state index contributed by atoms with van der Waals surface area (Å²) in [4.78, 5) is 7.75. The van der Waals surface area contributed by atoms with Gasteiger partial charge in [0.15, 0.2) is 0 Å². The standard InChI is InChI=1S/C26H25NS2/c1-15-12-20-19-9-7-6-8-17(19)13-21(24(20)28-15)23-25-18(10-11-27-23)16(2)22(29-25)14-26(3,4)5/h6-13H,14H2,1-5H3. The molecule has 3 aromatic heterocycles. The molecule has 0 atom stereocenters. The Labute approximate surface area is 180 Å². The Morgan fingerprint density at radius 3 is 2.45 bits per heavy atom. The summed E-state index contributed by atoms with van der Waals surface area (Å²) in [6, 6.07) is 15.6. The Kier molecular flexibility index (Phi) is 4.30. The molecule has 5 aromatic rings. The highest BCUT2D eigenvalue weighted by atomic mass is 32.1. The molecule has 0 fully saturated rings. The smallest absolute Gasteiger partial charge is 0.0894 e. The lowest BCUT2D eigenvalue weighted by atomic mass is 9.90. The summed E-state index contributed by atoms with van der Waals surface area (Å²) in [5, 5.41) is 5.32. The summed E-state index contributed by atoms with van der Waals surface area (Å²) in [5.41, 5.74) is 4.10. The molecule has 0 saturated carbocycles. The fourth-order valence-electron chi connectivity index (χ4n) is 4.22. The van der Waals surface area contributed by atoms with Crippen LogP contribution in [-0.2, 0) is 6.42 Å². The number of rotatable bonds is 2. The van der Waals surface area contributed by atoms with Crippen molar-refractivity contribution in [1.82, 2.24) is 4.98 Å². The Balaban J connectivity index is 1.83. The van der Waals surface area contributed by atoms with E-state index in [4.69, 9.17) is 4.98 Å². The van der Waals surface area contributed by atoms with E-state index in [1.54, 1.807) is 0 Å². The summed E-state index contributed by atoms with van der Waals surface area (Å²) < 4.78 is 2.68. The molecule has 5 rings (SSSR count). The van der Waals surface area contributed by atoms with Crippen LogP contribution < -0.4 is 0 Å². The molecule has 0 aliphatic rings. The molecule has 0 aliphatic carbocycles. The second-order valence-electron chi connectivity index (χ2n) is 9.17. The summed E-state index contributed by atoms with van der Waals surface area (Å²) in [6.07, 6.45) is 3.09. The van der Waals surface area contributed by atoms with Crippen LogP contribution in [0.15, 0.2) is 48.7 Å². The average molecular weight is 416 g/mol. The van der Waals surface area contributed by atoms with E-state index in [9.17, 15) is 0 Å². The highest BCUT2D eigenvalue weighted by molar-refractivity contribution is 7.21. The van der Waals surface area contributed by atoms with Gasteiger partial charge in [-0.2, -0.15) is 0 Å². The van der Waals surface area contributed by atoms with Gasteiger partial charge in [-0.05, 0) is 65.6 Å². The van der Waals surface area contributed by atoms with Crippen LogP contribution >= 0.6 is 22.7 Å². The van der Waals surface area contributed by atoms with E-state index in [0.717, 1.165) is 12.1 Å². The van der Waals surface area contributed by atoms with E-state index >= 15 is 0 Å². The number of pyridine rings is 1. The second kappa shape index (κ2) is 6.65. The third-order valence-corrected chi connectivity index (χ3v) is 7.95. The highest BCUT2D eigenvalue weighted by Crippen LogP contribution is 2.44. The van der Waals surface area contributed by atoms with Crippen LogP contribution in [0.3, 0.4) is 0 Å². The molecule has 3 heterocycles. The Morgan fingerprint density at radius 1 is 0.862 bits per heavy atom. The normalized spacial score (nSPS) is 12.4. The minimum Gasteiger partial charge on any atom is -0.255 e. The van der Waals surface area contributed by atoms with E-state index in [0.29, 0.717) is 0 Å². The van der Waals surface area contributed by atoms with Gasteiger partial charge in [-0.25, -0.2) is 0 Å². The molecule has 0 amide bonds. The molecule has 0 aliphatic heterocycles. The van der Waals surface area contributed by atoms with Crippen LogP contribution in [0.25, 0.3) is 42.2 Å². The van der Waals surface area contributed by atoms with Gasteiger partial charge in [0.25, 0.3) is 0 Å². The summed E-state index contributed by atoms with van der Waals surface area (Å²) >= 11 is 3.82. The highest BCUT2D eigenvalue weighted by Gasteiger charge is 2.20. The van der Waals surface area contributed by atoms with Gasteiger partial charge >= 0.3 is 0 Å². The predicted molar refractivity (Wildman–Crippen MR) is 131 cm³/mol. The fourth-order valence-corrected chi connectivity index (χ4v) is 6.87. The molecule has 0 saturated heterocycles. The van der Waals surface area contributed by atoms with Gasteiger partial charge in [-0.15, -0.1) is 22.7 Å². The molecular weight excluding hydrogens is 390 g/mol. The zero-order valence-electron chi connectivity index (χ0n) is 17.6. The van der Waals surface area contributed by atoms with Crippen LogP contribution in [0.5, 0.6) is 0 Å². The van der Waals surface area contributed by atoms with E-state index in [2.05, 4.69) is 77.1 Å². The lowest BCUT2D eigenvalue weighted by Crippen LogP contribution is -2.08. The maximum atomic E-state index is 4.91. The van der Waals surface area contributed by atoms with Crippen LogP contribution in [0.4, 0.5) is 0 Å². The molecule has 0 N–H and O–H groups in total. The largest absolute Gasteiger partial charge is 0.255 e. The number of aromatic nitrogens is 1. The van der Waals surface area contributed by atoms with Crippen LogP contribution in [0, 0.1) is 19.3 Å². The molecule has 29 heavy (non-hydrogen) atoms. The Bertz CT molecular complexity index is 1380. The van der Waals surface area contributed by atoms with Gasteiger partial charge in [0.2, 0.25) is 0 Å². The van der Waals surface area contributed by atoms with Gasteiger partial charge in [0, 0.05) is 31.6 Å². The third kappa shape index (κ3) is 3.17. The number of hydrogen-bond acceptors (Lipinski definition) is 3. The van der Waals surface area contributed by atoms with Gasteiger partial charge in [0.1, 0.15) is 0 Å². The zero-order chi connectivity index (χ0) is 20.3. The molecule has 3 heteroatoms. The lowest BCUT2D eigenvalue weighted by molar-refractivity contribution is 0.414. The van der Waals surface area contributed by atoms with Gasteiger partial charge < -0.3 is 0 Å². The third-order valence-electron chi connectivity index (χ3n) is 5.55. The van der Waals surface area contributed by atoms with Crippen molar-refractivity contribution in [1.29, 1.82) is 0 Å². The van der Waals surface area contributed by atoms with Crippen molar-refractivity contribution in [3.63, 3.8) is 0 Å². The van der Waals surface area contributed by atoms with Crippen molar-refractivity contribution >= 4 is 53.6 Å². The van der Waals surface area contributed by atoms with Crippen molar-refractivity contribution in [3.8, 4) is 11.3 Å². The van der Waals surface area contributed by atoms with Crippen molar-refractivity contribution in [2.45, 2.75) is 41.0 Å². The first-order valence-corrected chi connectivity index (χ1v) is 11.7. The lowest BCUT2D eigenvalue weighted by Gasteiger charge is -2.17. The van der Waals surface area contributed by atoms with E-state index in [1.807, 2.05) is 28.9 Å². The zero-order valence-corrected chi connectivity index (χ0v) is 19.2. The second-order valence-corrected chi connectivity index (χ2v) is 11.5. The van der Waals surface area contributed by atoms with E-state index in [-0.39, 0.29) is 5.41 Å². The number of hydrogen-bond donors (Lipinski definition) is 0. The Hall–Kier alpha value is -2.23. The molecule has 0 unspecified atom stereocenters. The van der Waals surface area contributed by atoms with Crippen molar-refractivity contribution < 1.29 is 0 Å². The average Bonchev–Trinajstić information content (AvgIpc) is 3.20. The van der Waals surface area contributed by atoms with Gasteiger partial charge in [-0.3, -0.25) is 4.98 Å². The number of aryl methyl sites for hydroxylation is 2. The topological polar surface area (TPSA) is 12.9 Å². The minimum atomic E-state index is 0.278. The van der Waals surface area contributed by atoms with Crippen molar-refractivity contribution in [2.75, 3.05) is 0 Å². The first-order chi connectivity index (χ1) is 13.8. The first kappa shape index (κ1) is 18.8. The maximum Gasteiger partial charge on any atom is 0.0894 e. The molecular formula is C26H25NS2. The molecule has 2 aromatic carbocycles. The summed E-state index contributed by atoms with van der Waals surface area (Å²) in [7, 11) is 0. The number of fused-ring (bicyclic) bond motifs is 4. The quantitative estimate of drug-likeness (QED) is 0.281. The number of thiophene rings is 2. The van der Waals surface area contributed by atoms with E-state index in [1.165, 1.54) is 51.8 Å². The van der Waals surface area contributed by atoms with Crippen LogP contribution in [0.1, 0.15) is 36.1 Å². The maximum absolute atomic E-state index is 4.91. The first-order valence-electron chi connectivity index (χ1n) is 10.1. The van der Waals surface area contributed by atoms with Gasteiger partial charge in [0.05, 0.1) is 10.4 Å². The van der Waals surface area contributed by atoms with Gasteiger partial charge in [-0.1, -0.05) is 45.0 Å². The Morgan fingerprint density at radius 2 is 1.66 bits per heavy atom. The van der Waals surface area contributed by atoms with Crippen LogP contribution in [0.2, 0.25) is 0 Å². The number of nitrogens with zero attached hydrogens (tertiary/aromatic N) is 1.